The van der Waals surface area contributed by atoms with Crippen LogP contribution in [0.4, 0.5) is 11.4 Å². The van der Waals surface area contributed by atoms with E-state index in [0.29, 0.717) is 30.6 Å². The predicted molar refractivity (Wildman–Crippen MR) is 132 cm³/mol. The number of benzene rings is 2. The third-order valence-electron chi connectivity index (χ3n) is 7.25. The molecule has 4 aliphatic rings. The summed E-state index contributed by atoms with van der Waals surface area (Å²) in [6, 6.07) is 13.4. The molecule has 2 amide bonds. The summed E-state index contributed by atoms with van der Waals surface area (Å²) in [5.74, 6) is -0.402. The summed E-state index contributed by atoms with van der Waals surface area (Å²) in [6.07, 6.45) is 1.56. The van der Waals surface area contributed by atoms with E-state index in [2.05, 4.69) is 4.90 Å². The number of carbonyl (C=O) groups excluding carboxylic acids is 2. The number of piperidine rings is 1. The summed E-state index contributed by atoms with van der Waals surface area (Å²) in [6.45, 7) is 5.23. The molecule has 2 aromatic carbocycles. The molecule has 4 heterocycles. The first-order valence-electron chi connectivity index (χ1n) is 11.6. The highest BCUT2D eigenvalue weighted by Gasteiger charge is 2.61. The number of hydrogen-bond donors (Lipinski definition) is 0. The maximum Gasteiger partial charge on any atom is 0.269 e. The molecule has 4 aliphatic heterocycles. The Bertz CT molecular complexity index is 1160. The molecule has 178 valence electrons. The monoisotopic (exact) mass is 499 g/mol. The van der Waals surface area contributed by atoms with Crippen LogP contribution in [0.3, 0.4) is 0 Å². The van der Waals surface area contributed by atoms with E-state index in [1.807, 2.05) is 48.2 Å². The van der Waals surface area contributed by atoms with Crippen molar-refractivity contribution in [3.63, 3.8) is 0 Å². The van der Waals surface area contributed by atoms with E-state index in [4.69, 9.17) is 21.1 Å². The second kappa shape index (κ2) is 8.24. The van der Waals surface area contributed by atoms with Crippen molar-refractivity contribution in [2.24, 2.45) is 0 Å². The highest BCUT2D eigenvalue weighted by molar-refractivity contribution is 8.02. The number of para-hydroxylation sites is 1. The summed E-state index contributed by atoms with van der Waals surface area (Å²) < 4.78 is 11.7. The third kappa shape index (κ3) is 3.31. The van der Waals surface area contributed by atoms with Gasteiger partial charge in [0.05, 0.1) is 31.3 Å². The Labute approximate surface area is 207 Å². The molecule has 0 radical (unpaired) electrons. The van der Waals surface area contributed by atoms with Gasteiger partial charge in [-0.25, -0.2) is 0 Å². The normalized spacial score (nSPS) is 26.3. The smallest absolute Gasteiger partial charge is 0.269 e. The van der Waals surface area contributed by atoms with E-state index < -0.39 is 10.7 Å². The Kier molecular flexibility index (Phi) is 5.42. The van der Waals surface area contributed by atoms with E-state index in [0.717, 1.165) is 42.7 Å². The maximum absolute atomic E-state index is 14.2. The second-order valence-corrected chi connectivity index (χ2v) is 10.8. The van der Waals surface area contributed by atoms with Crippen molar-refractivity contribution < 1.29 is 19.1 Å². The minimum Gasteiger partial charge on any atom is -0.347 e. The molecule has 0 N–H and O–H groups in total. The molecular formula is C25H26ClN3O4S. The van der Waals surface area contributed by atoms with Crippen molar-refractivity contribution in [2.75, 3.05) is 48.5 Å². The first kappa shape index (κ1) is 22.4. The van der Waals surface area contributed by atoms with Gasteiger partial charge < -0.3 is 9.47 Å². The summed E-state index contributed by atoms with van der Waals surface area (Å²) in [7, 11) is 0. The number of hydrogen-bond acceptors (Lipinski definition) is 6. The number of ether oxygens (including phenoxy) is 2. The number of nitrogens with zero attached hydrogens (tertiary/aromatic N) is 3. The maximum atomic E-state index is 14.2. The summed E-state index contributed by atoms with van der Waals surface area (Å²) in [5, 5.41) is 0.575. The third-order valence-corrected chi connectivity index (χ3v) is 9.04. The summed E-state index contributed by atoms with van der Waals surface area (Å²) in [4.78, 5) is 32.0. The predicted octanol–water partition coefficient (Wildman–Crippen LogP) is 3.72. The quantitative estimate of drug-likeness (QED) is 0.641. The Hall–Kier alpha value is -2.10. The lowest BCUT2D eigenvalue weighted by Gasteiger charge is -2.39. The molecule has 3 fully saturated rings. The number of halogens is 1. The summed E-state index contributed by atoms with van der Waals surface area (Å²) >= 11 is 7.80. The first-order valence-corrected chi connectivity index (χ1v) is 12.9. The van der Waals surface area contributed by atoms with E-state index >= 15 is 0 Å². The van der Waals surface area contributed by atoms with Gasteiger partial charge >= 0.3 is 0 Å². The van der Waals surface area contributed by atoms with Gasteiger partial charge in [-0.05, 0) is 30.7 Å². The Morgan fingerprint density at radius 1 is 1.06 bits per heavy atom. The molecule has 2 aromatic rings. The van der Waals surface area contributed by atoms with Gasteiger partial charge in [0.2, 0.25) is 10.8 Å². The number of rotatable bonds is 3. The van der Waals surface area contributed by atoms with Gasteiger partial charge in [0.25, 0.3) is 5.91 Å². The van der Waals surface area contributed by atoms with Crippen LogP contribution in [0.5, 0.6) is 0 Å². The van der Waals surface area contributed by atoms with E-state index in [1.165, 1.54) is 11.8 Å². The fraction of sp³-hybridized carbons (Fsp3) is 0.440. The highest BCUT2D eigenvalue weighted by Crippen LogP contribution is 2.56. The molecule has 1 unspecified atom stereocenters. The van der Waals surface area contributed by atoms with Crippen LogP contribution in [-0.4, -0.2) is 61.2 Å². The zero-order valence-corrected chi connectivity index (χ0v) is 20.5. The van der Waals surface area contributed by atoms with Crippen molar-refractivity contribution in [2.45, 2.75) is 30.4 Å². The average Bonchev–Trinajstić information content (AvgIpc) is 3.51. The Morgan fingerprint density at radius 3 is 2.53 bits per heavy atom. The molecule has 9 heteroatoms. The average molecular weight is 500 g/mol. The van der Waals surface area contributed by atoms with Gasteiger partial charge in [-0.15, -0.1) is 11.8 Å². The van der Waals surface area contributed by atoms with Crippen molar-refractivity contribution >= 4 is 46.6 Å². The van der Waals surface area contributed by atoms with Gasteiger partial charge in [0.1, 0.15) is 0 Å². The number of carbonyl (C=O) groups is 2. The second-order valence-electron chi connectivity index (χ2n) is 9.21. The SMILES string of the molecule is Cc1ccc(N2C(=O)CSC23C(=O)N(CN2CCC4(CC2)OCCO4)c2ccccc23)cc1Cl. The van der Waals surface area contributed by atoms with Crippen LogP contribution >= 0.6 is 23.4 Å². The Balaban J connectivity index is 1.34. The van der Waals surface area contributed by atoms with Crippen molar-refractivity contribution in [3.05, 3.63) is 58.6 Å². The standard InChI is InChI=1S/C25H26ClN3O4S/c1-17-6-7-18(14-20(17)26)29-22(30)15-34-25(29)19-4-2-3-5-21(19)28(23(25)31)16-27-10-8-24(9-11-27)32-12-13-33-24/h2-7,14H,8-13,15-16H2,1H3. The number of fused-ring (bicyclic) bond motifs is 2. The van der Waals surface area contributed by atoms with Gasteiger partial charge in [-0.1, -0.05) is 35.9 Å². The molecule has 1 atom stereocenters. The van der Waals surface area contributed by atoms with Gasteiger partial charge in [0.15, 0.2) is 5.79 Å². The Morgan fingerprint density at radius 2 is 1.79 bits per heavy atom. The van der Waals surface area contributed by atoms with E-state index in [-0.39, 0.29) is 17.6 Å². The van der Waals surface area contributed by atoms with E-state index in [1.54, 1.807) is 11.0 Å². The molecule has 0 aliphatic carbocycles. The van der Waals surface area contributed by atoms with Crippen LogP contribution in [0.1, 0.15) is 24.0 Å². The fourth-order valence-electron chi connectivity index (χ4n) is 5.44. The number of aryl methyl sites for hydroxylation is 1. The van der Waals surface area contributed by atoms with Crippen LogP contribution in [0.2, 0.25) is 5.02 Å². The number of likely N-dealkylation sites (tertiary alicyclic amines) is 1. The number of amides is 2. The van der Waals surface area contributed by atoms with Crippen LogP contribution in [0, 0.1) is 6.92 Å². The molecule has 7 nitrogen and oxygen atoms in total. The molecule has 0 aromatic heterocycles. The zero-order chi connectivity index (χ0) is 23.5. The molecule has 6 rings (SSSR count). The number of thioether (sulfide) groups is 1. The number of anilines is 2. The lowest BCUT2D eigenvalue weighted by molar-refractivity contribution is -0.185. The molecule has 34 heavy (non-hydrogen) atoms. The van der Waals surface area contributed by atoms with E-state index in [9.17, 15) is 9.59 Å². The molecule has 2 spiro atoms. The minimum absolute atomic E-state index is 0.0881. The highest BCUT2D eigenvalue weighted by atomic mass is 35.5. The van der Waals surface area contributed by atoms with Gasteiger partial charge in [0, 0.05) is 42.2 Å². The van der Waals surface area contributed by atoms with Crippen LogP contribution in [0.25, 0.3) is 0 Å². The summed E-state index contributed by atoms with van der Waals surface area (Å²) in [5.41, 5.74) is 3.28. The van der Waals surface area contributed by atoms with Crippen LogP contribution in [-0.2, 0) is 23.9 Å². The molecular weight excluding hydrogens is 474 g/mol. The van der Waals surface area contributed by atoms with Crippen molar-refractivity contribution in [1.82, 2.24) is 4.90 Å². The lowest BCUT2D eigenvalue weighted by Crippen LogP contribution is -2.53. The molecule has 3 saturated heterocycles. The molecule has 0 saturated carbocycles. The fourth-order valence-corrected chi connectivity index (χ4v) is 6.97. The van der Waals surface area contributed by atoms with Crippen LogP contribution < -0.4 is 9.80 Å². The molecule has 0 bridgehead atoms. The van der Waals surface area contributed by atoms with Gasteiger partial charge in [-0.3, -0.25) is 24.3 Å². The first-order chi connectivity index (χ1) is 16.4. The van der Waals surface area contributed by atoms with Gasteiger partial charge in [-0.2, -0.15) is 0 Å². The lowest BCUT2D eigenvalue weighted by atomic mass is 10.0. The van der Waals surface area contributed by atoms with Crippen molar-refractivity contribution in [1.29, 1.82) is 0 Å². The zero-order valence-electron chi connectivity index (χ0n) is 19.0. The topological polar surface area (TPSA) is 62.3 Å². The largest absolute Gasteiger partial charge is 0.347 e. The minimum atomic E-state index is -1.12. The van der Waals surface area contributed by atoms with Crippen LogP contribution in [0.15, 0.2) is 42.5 Å². The van der Waals surface area contributed by atoms with Crippen molar-refractivity contribution in [3.8, 4) is 0 Å².